The third-order valence-electron chi connectivity index (χ3n) is 9.06. The van der Waals surface area contributed by atoms with Crippen molar-refractivity contribution < 1.29 is 4.79 Å². The number of carbonyl (C=O) groups excluding carboxylic acids is 1. The van der Waals surface area contributed by atoms with E-state index < -0.39 is 0 Å². The van der Waals surface area contributed by atoms with Crippen molar-refractivity contribution in [3.63, 3.8) is 0 Å². The third-order valence-corrected chi connectivity index (χ3v) is 9.31. The molecule has 230 valence electrons. The summed E-state index contributed by atoms with van der Waals surface area (Å²) in [5.74, 6) is 0.526. The lowest BCUT2D eigenvalue weighted by atomic mass is 9.98. The van der Waals surface area contributed by atoms with E-state index in [1.54, 1.807) is 22.9 Å². The van der Waals surface area contributed by atoms with E-state index >= 15 is 0 Å². The second-order valence-electron chi connectivity index (χ2n) is 12.0. The fraction of sp³-hybridized carbons (Fsp3) is 0.412. The molecule has 0 bridgehead atoms. The van der Waals surface area contributed by atoms with Gasteiger partial charge in [-0.2, -0.15) is 4.98 Å². The number of piperidine rings is 1. The largest absolute Gasteiger partial charge is 0.369 e. The Morgan fingerprint density at radius 3 is 2.50 bits per heavy atom. The fourth-order valence-corrected chi connectivity index (χ4v) is 6.69. The number of aromatic nitrogens is 3. The zero-order valence-corrected chi connectivity index (χ0v) is 26.7. The molecule has 2 aliphatic rings. The molecule has 0 spiro atoms. The number of aryl methyl sites for hydroxylation is 2. The maximum absolute atomic E-state index is 14.4. The van der Waals surface area contributed by atoms with Crippen LogP contribution in [0.5, 0.6) is 0 Å². The van der Waals surface area contributed by atoms with Crippen molar-refractivity contribution in [2.75, 3.05) is 56.5 Å². The average molecular weight is 614 g/mol. The van der Waals surface area contributed by atoms with Crippen LogP contribution in [0, 0.1) is 13.8 Å². The molecule has 44 heavy (non-hydrogen) atoms. The van der Waals surface area contributed by atoms with Gasteiger partial charge in [-0.1, -0.05) is 30.7 Å². The molecule has 2 saturated heterocycles. The number of likely N-dealkylation sites (tertiary alicyclic amines) is 1. The van der Waals surface area contributed by atoms with Gasteiger partial charge in [0.1, 0.15) is 5.65 Å². The molecule has 0 saturated carbocycles. The number of rotatable bonds is 6. The van der Waals surface area contributed by atoms with E-state index in [0.717, 1.165) is 61.2 Å². The van der Waals surface area contributed by atoms with Crippen molar-refractivity contribution in [1.82, 2.24) is 24.3 Å². The van der Waals surface area contributed by atoms with Gasteiger partial charge in [0, 0.05) is 73.7 Å². The maximum Gasteiger partial charge on any atom is 0.260 e. The van der Waals surface area contributed by atoms with Crippen molar-refractivity contribution in [1.29, 1.82) is 0 Å². The predicted octanol–water partition coefficient (Wildman–Crippen LogP) is 5.80. The number of carbonyl (C=O) groups is 1. The number of hydrogen-bond donors (Lipinski definition) is 1. The number of hydrogen-bond acceptors (Lipinski definition) is 7. The Morgan fingerprint density at radius 1 is 1.05 bits per heavy atom. The standard InChI is InChI=1S/C34H40ClN7O2/c1-5-30(43)41-14-6-7-27(21-41)42-32-28(23(3)31(33(42)44)24-8-10-25(35)11-9-24)20-36-34(38-32)37-26-12-13-29(22(2)19-26)40-17-15-39(4)16-18-40/h8-13,19-20,27H,5-7,14-18,21H2,1-4H3,(H,36,37,38). The first-order chi connectivity index (χ1) is 21.2. The van der Waals surface area contributed by atoms with Gasteiger partial charge in [0.05, 0.1) is 11.6 Å². The normalized spacial score (nSPS) is 17.7. The fourth-order valence-electron chi connectivity index (χ4n) is 6.57. The van der Waals surface area contributed by atoms with Crippen LogP contribution in [0.25, 0.3) is 22.2 Å². The van der Waals surface area contributed by atoms with Crippen LogP contribution in [-0.4, -0.2) is 76.6 Å². The van der Waals surface area contributed by atoms with Crippen molar-refractivity contribution in [3.8, 4) is 11.1 Å². The minimum Gasteiger partial charge on any atom is -0.369 e. The molecule has 6 rings (SSSR count). The highest BCUT2D eigenvalue weighted by Gasteiger charge is 2.28. The summed E-state index contributed by atoms with van der Waals surface area (Å²) >= 11 is 6.18. The number of benzene rings is 2. The zero-order chi connectivity index (χ0) is 31.0. The van der Waals surface area contributed by atoms with Crippen LogP contribution in [0.2, 0.25) is 5.02 Å². The topological polar surface area (TPSA) is 86.6 Å². The maximum atomic E-state index is 14.4. The molecule has 4 aromatic rings. The van der Waals surface area contributed by atoms with Crippen LogP contribution >= 0.6 is 11.6 Å². The van der Waals surface area contributed by atoms with E-state index in [1.165, 1.54) is 11.3 Å². The van der Waals surface area contributed by atoms with E-state index in [-0.39, 0.29) is 17.5 Å². The third kappa shape index (κ3) is 5.90. The van der Waals surface area contributed by atoms with Crippen molar-refractivity contribution in [2.45, 2.75) is 46.1 Å². The summed E-state index contributed by atoms with van der Waals surface area (Å²) in [6.07, 6.45) is 3.85. The summed E-state index contributed by atoms with van der Waals surface area (Å²) in [6, 6.07) is 13.5. The highest BCUT2D eigenvalue weighted by atomic mass is 35.5. The van der Waals surface area contributed by atoms with Gasteiger partial charge in [0.15, 0.2) is 0 Å². The molecular formula is C34H40ClN7O2. The molecule has 2 aromatic heterocycles. The molecule has 2 fully saturated rings. The van der Waals surface area contributed by atoms with Gasteiger partial charge in [-0.3, -0.25) is 14.2 Å². The molecule has 0 radical (unpaired) electrons. The number of halogens is 1. The van der Waals surface area contributed by atoms with E-state index in [2.05, 4.69) is 47.3 Å². The van der Waals surface area contributed by atoms with Gasteiger partial charge in [0.25, 0.3) is 5.56 Å². The number of nitrogens with zero attached hydrogens (tertiary/aromatic N) is 6. The molecule has 0 aliphatic carbocycles. The summed E-state index contributed by atoms with van der Waals surface area (Å²) in [5, 5.41) is 4.80. The molecule has 2 aromatic carbocycles. The number of pyridine rings is 1. The first-order valence-corrected chi connectivity index (χ1v) is 15.9. The molecule has 2 aliphatic heterocycles. The first kappa shape index (κ1) is 30.1. The van der Waals surface area contributed by atoms with Crippen LogP contribution in [0.15, 0.2) is 53.5 Å². The van der Waals surface area contributed by atoms with E-state index in [1.807, 2.05) is 30.9 Å². The van der Waals surface area contributed by atoms with Gasteiger partial charge < -0.3 is 20.0 Å². The molecular weight excluding hydrogens is 574 g/mol. The molecule has 1 N–H and O–H groups in total. The Balaban J connectivity index is 1.41. The average Bonchev–Trinajstić information content (AvgIpc) is 3.02. The molecule has 1 amide bonds. The second kappa shape index (κ2) is 12.6. The lowest BCUT2D eigenvalue weighted by Crippen LogP contribution is -2.44. The molecule has 4 heterocycles. The van der Waals surface area contributed by atoms with E-state index in [4.69, 9.17) is 21.6 Å². The summed E-state index contributed by atoms with van der Waals surface area (Å²) in [6.45, 7) is 11.3. The van der Waals surface area contributed by atoms with Gasteiger partial charge in [-0.25, -0.2) is 4.98 Å². The Morgan fingerprint density at radius 2 is 1.80 bits per heavy atom. The number of anilines is 3. The number of likely N-dealkylation sites (N-methyl/N-ethyl adjacent to an activating group) is 1. The number of nitrogens with one attached hydrogen (secondary N) is 1. The minimum atomic E-state index is -0.200. The lowest BCUT2D eigenvalue weighted by molar-refractivity contribution is -0.132. The van der Waals surface area contributed by atoms with Gasteiger partial charge in [-0.15, -0.1) is 0 Å². The first-order valence-electron chi connectivity index (χ1n) is 15.5. The molecule has 10 heteroatoms. The molecule has 1 unspecified atom stereocenters. The van der Waals surface area contributed by atoms with E-state index in [9.17, 15) is 9.59 Å². The lowest BCUT2D eigenvalue weighted by Gasteiger charge is -2.35. The quantitative estimate of drug-likeness (QED) is 0.294. The van der Waals surface area contributed by atoms with Crippen LogP contribution in [-0.2, 0) is 4.79 Å². The van der Waals surface area contributed by atoms with Crippen molar-refractivity contribution >= 4 is 45.9 Å². The van der Waals surface area contributed by atoms with Crippen LogP contribution in [0.1, 0.15) is 43.4 Å². The molecule has 1 atom stereocenters. The SMILES string of the molecule is CCC(=O)N1CCCC(n2c(=O)c(-c3ccc(Cl)cc3)c(C)c3cnc(Nc4ccc(N5CCN(C)CC5)c(C)c4)nc32)C1. The van der Waals surface area contributed by atoms with Crippen molar-refractivity contribution in [3.05, 3.63) is 75.2 Å². The highest BCUT2D eigenvalue weighted by Crippen LogP contribution is 2.32. The summed E-state index contributed by atoms with van der Waals surface area (Å²) in [4.78, 5) is 43.4. The van der Waals surface area contributed by atoms with Crippen LogP contribution < -0.4 is 15.8 Å². The zero-order valence-electron chi connectivity index (χ0n) is 25.9. The second-order valence-corrected chi connectivity index (χ2v) is 12.5. The summed E-state index contributed by atoms with van der Waals surface area (Å²) < 4.78 is 1.80. The van der Waals surface area contributed by atoms with Gasteiger partial charge in [-0.05, 0) is 80.8 Å². The van der Waals surface area contributed by atoms with E-state index in [0.29, 0.717) is 41.7 Å². The monoisotopic (exact) mass is 613 g/mol. The summed E-state index contributed by atoms with van der Waals surface area (Å²) in [5.41, 5.74) is 5.99. The Bertz CT molecular complexity index is 1750. The highest BCUT2D eigenvalue weighted by molar-refractivity contribution is 6.30. The van der Waals surface area contributed by atoms with Crippen LogP contribution in [0.4, 0.5) is 17.3 Å². The van der Waals surface area contributed by atoms with Crippen molar-refractivity contribution in [2.24, 2.45) is 0 Å². The number of piperazine rings is 1. The number of fused-ring (bicyclic) bond motifs is 1. The Kier molecular flexibility index (Phi) is 8.60. The predicted molar refractivity (Wildman–Crippen MR) is 178 cm³/mol. The summed E-state index contributed by atoms with van der Waals surface area (Å²) in [7, 11) is 2.16. The van der Waals surface area contributed by atoms with Gasteiger partial charge >= 0.3 is 0 Å². The number of amides is 1. The minimum absolute atomic E-state index is 0.101. The Labute approximate surface area is 263 Å². The smallest absolute Gasteiger partial charge is 0.260 e. The molecule has 9 nitrogen and oxygen atoms in total. The van der Waals surface area contributed by atoms with Crippen LogP contribution in [0.3, 0.4) is 0 Å². The van der Waals surface area contributed by atoms with Gasteiger partial charge in [0.2, 0.25) is 11.9 Å². The Hall–Kier alpha value is -3.95.